The average molecular weight is 270 g/mol. The lowest BCUT2D eigenvalue weighted by molar-refractivity contribution is 0.579. The molecule has 13 heavy (non-hydrogen) atoms. The van der Waals surface area contributed by atoms with E-state index in [1.54, 1.807) is 0 Å². The third-order valence-electron chi connectivity index (χ3n) is 2.27. The van der Waals surface area contributed by atoms with Crippen LogP contribution in [0.1, 0.15) is 58.3 Å². The molecule has 0 fully saturated rings. The van der Waals surface area contributed by atoms with Crippen molar-refractivity contribution in [1.29, 1.82) is 0 Å². The molecule has 0 aromatic carbocycles. The summed E-state index contributed by atoms with van der Waals surface area (Å²) in [6.07, 6.45) is 10.3. The molecule has 0 saturated carbocycles. The van der Waals surface area contributed by atoms with Crippen molar-refractivity contribution in [2.24, 2.45) is 0 Å². The van der Waals surface area contributed by atoms with Gasteiger partial charge in [0.1, 0.15) is 0 Å². The molecule has 0 heterocycles. The maximum absolute atomic E-state index is 6.18. The first-order valence-corrected chi connectivity index (χ1v) is 7.07. The number of halogens is 2. The highest BCUT2D eigenvalue weighted by atomic mass is 79.9. The lowest BCUT2D eigenvalue weighted by atomic mass is 10.1. The van der Waals surface area contributed by atoms with E-state index >= 15 is 0 Å². The van der Waals surface area contributed by atoms with Crippen LogP contribution in [0.25, 0.3) is 0 Å². The normalized spacial score (nSPS) is 13.2. The number of hydrogen-bond donors (Lipinski definition) is 0. The fourth-order valence-electron chi connectivity index (χ4n) is 1.40. The molecule has 0 aliphatic carbocycles. The van der Waals surface area contributed by atoms with E-state index in [1.807, 2.05) is 0 Å². The zero-order valence-electron chi connectivity index (χ0n) is 8.70. The fourth-order valence-corrected chi connectivity index (χ4v) is 2.10. The van der Waals surface area contributed by atoms with Crippen molar-refractivity contribution < 1.29 is 0 Å². The Balaban J connectivity index is 3.05. The molecule has 0 bridgehead atoms. The van der Waals surface area contributed by atoms with Crippen molar-refractivity contribution in [3.05, 3.63) is 0 Å². The second-order valence-electron chi connectivity index (χ2n) is 3.63. The van der Waals surface area contributed by atoms with Crippen LogP contribution in [0.4, 0.5) is 0 Å². The molecule has 0 aliphatic heterocycles. The number of hydrogen-bond acceptors (Lipinski definition) is 0. The van der Waals surface area contributed by atoms with Crippen LogP contribution in [0.2, 0.25) is 0 Å². The van der Waals surface area contributed by atoms with E-state index < -0.39 is 0 Å². The molecule has 0 aliphatic rings. The molecular formula is C11H22BrCl. The standard InChI is InChI=1S/C11H22BrCl/c1-2-3-4-5-8-11(13)9-6-7-10-12/h11H,2-10H2,1H3. The summed E-state index contributed by atoms with van der Waals surface area (Å²) < 4.78 is 0. The van der Waals surface area contributed by atoms with E-state index in [9.17, 15) is 0 Å². The van der Waals surface area contributed by atoms with Gasteiger partial charge in [-0.3, -0.25) is 0 Å². The first kappa shape index (κ1) is 13.8. The fraction of sp³-hybridized carbons (Fsp3) is 1.00. The Morgan fingerprint density at radius 1 is 1.00 bits per heavy atom. The van der Waals surface area contributed by atoms with Crippen molar-refractivity contribution in [3.63, 3.8) is 0 Å². The molecule has 0 nitrogen and oxygen atoms in total. The van der Waals surface area contributed by atoms with Crippen LogP contribution in [0, 0.1) is 0 Å². The number of unbranched alkanes of at least 4 members (excludes halogenated alkanes) is 4. The van der Waals surface area contributed by atoms with Crippen LogP contribution in [-0.4, -0.2) is 10.7 Å². The molecule has 0 aromatic heterocycles. The first-order valence-electron chi connectivity index (χ1n) is 5.51. The number of alkyl halides is 2. The van der Waals surface area contributed by atoms with E-state index in [4.69, 9.17) is 11.6 Å². The summed E-state index contributed by atoms with van der Waals surface area (Å²) in [5.74, 6) is 0. The van der Waals surface area contributed by atoms with Crippen molar-refractivity contribution in [2.75, 3.05) is 5.33 Å². The quantitative estimate of drug-likeness (QED) is 0.402. The molecule has 1 unspecified atom stereocenters. The average Bonchev–Trinajstić information content (AvgIpc) is 2.13. The van der Waals surface area contributed by atoms with E-state index in [1.165, 1.54) is 51.4 Å². The molecular weight excluding hydrogens is 247 g/mol. The lowest BCUT2D eigenvalue weighted by Gasteiger charge is -2.07. The maximum Gasteiger partial charge on any atom is 0.0336 e. The first-order chi connectivity index (χ1) is 6.31. The molecule has 0 rings (SSSR count). The number of rotatable bonds is 9. The minimum Gasteiger partial charge on any atom is -0.123 e. The Morgan fingerprint density at radius 2 is 1.62 bits per heavy atom. The molecule has 0 N–H and O–H groups in total. The van der Waals surface area contributed by atoms with Crippen molar-refractivity contribution in [2.45, 2.75) is 63.7 Å². The molecule has 0 spiro atoms. The smallest absolute Gasteiger partial charge is 0.0336 e. The Hall–Kier alpha value is 0.770. The molecule has 2 heteroatoms. The highest BCUT2D eigenvalue weighted by Gasteiger charge is 2.03. The maximum atomic E-state index is 6.18. The van der Waals surface area contributed by atoms with Gasteiger partial charge in [0, 0.05) is 10.7 Å². The van der Waals surface area contributed by atoms with Gasteiger partial charge in [-0.15, -0.1) is 11.6 Å². The minimum atomic E-state index is 0.427. The van der Waals surface area contributed by atoms with E-state index in [0.717, 1.165) is 5.33 Å². The summed E-state index contributed by atoms with van der Waals surface area (Å²) in [4.78, 5) is 0. The largest absolute Gasteiger partial charge is 0.123 e. The summed E-state index contributed by atoms with van der Waals surface area (Å²) in [5.41, 5.74) is 0. The molecule has 0 amide bonds. The zero-order chi connectivity index (χ0) is 9.94. The topological polar surface area (TPSA) is 0 Å². The summed E-state index contributed by atoms with van der Waals surface area (Å²) in [5, 5.41) is 1.54. The van der Waals surface area contributed by atoms with Gasteiger partial charge in [0.05, 0.1) is 0 Å². The molecule has 80 valence electrons. The van der Waals surface area contributed by atoms with Crippen LogP contribution >= 0.6 is 27.5 Å². The van der Waals surface area contributed by atoms with E-state index in [2.05, 4.69) is 22.9 Å². The zero-order valence-corrected chi connectivity index (χ0v) is 11.0. The van der Waals surface area contributed by atoms with E-state index in [0.29, 0.717) is 5.38 Å². The Morgan fingerprint density at radius 3 is 2.15 bits per heavy atom. The minimum absolute atomic E-state index is 0.427. The highest BCUT2D eigenvalue weighted by Crippen LogP contribution is 2.16. The molecule has 1 atom stereocenters. The predicted molar refractivity (Wildman–Crippen MR) is 66.0 cm³/mol. The second kappa shape index (κ2) is 10.8. The Kier molecular flexibility index (Phi) is 11.5. The van der Waals surface area contributed by atoms with Crippen molar-refractivity contribution in [1.82, 2.24) is 0 Å². The second-order valence-corrected chi connectivity index (χ2v) is 5.04. The van der Waals surface area contributed by atoms with Gasteiger partial charge in [-0.05, 0) is 19.3 Å². The monoisotopic (exact) mass is 268 g/mol. The lowest BCUT2D eigenvalue weighted by Crippen LogP contribution is -1.98. The summed E-state index contributed by atoms with van der Waals surface area (Å²) >= 11 is 9.61. The summed E-state index contributed by atoms with van der Waals surface area (Å²) in [6, 6.07) is 0. The van der Waals surface area contributed by atoms with Crippen LogP contribution in [0.15, 0.2) is 0 Å². The van der Waals surface area contributed by atoms with Gasteiger partial charge in [-0.2, -0.15) is 0 Å². The van der Waals surface area contributed by atoms with E-state index in [-0.39, 0.29) is 0 Å². The third kappa shape index (κ3) is 10.7. The van der Waals surface area contributed by atoms with Crippen LogP contribution in [-0.2, 0) is 0 Å². The van der Waals surface area contributed by atoms with Crippen LogP contribution < -0.4 is 0 Å². The van der Waals surface area contributed by atoms with Gasteiger partial charge >= 0.3 is 0 Å². The third-order valence-corrected chi connectivity index (χ3v) is 3.27. The molecule has 0 aromatic rings. The van der Waals surface area contributed by atoms with Gasteiger partial charge in [0.15, 0.2) is 0 Å². The van der Waals surface area contributed by atoms with Crippen LogP contribution in [0.3, 0.4) is 0 Å². The van der Waals surface area contributed by atoms with Crippen LogP contribution in [0.5, 0.6) is 0 Å². The Labute approximate surface area is 96.6 Å². The molecule has 0 saturated heterocycles. The van der Waals surface area contributed by atoms with Crippen molar-refractivity contribution >= 4 is 27.5 Å². The van der Waals surface area contributed by atoms with Gasteiger partial charge in [0.25, 0.3) is 0 Å². The molecule has 0 radical (unpaired) electrons. The van der Waals surface area contributed by atoms with Gasteiger partial charge in [-0.25, -0.2) is 0 Å². The van der Waals surface area contributed by atoms with Gasteiger partial charge < -0.3 is 0 Å². The van der Waals surface area contributed by atoms with Gasteiger partial charge in [-0.1, -0.05) is 55.0 Å². The van der Waals surface area contributed by atoms with Gasteiger partial charge in [0.2, 0.25) is 0 Å². The Bertz CT molecular complexity index is 96.1. The summed E-state index contributed by atoms with van der Waals surface area (Å²) in [6.45, 7) is 2.24. The van der Waals surface area contributed by atoms with Crippen molar-refractivity contribution in [3.8, 4) is 0 Å². The highest BCUT2D eigenvalue weighted by molar-refractivity contribution is 9.09. The SMILES string of the molecule is CCCCCCC(Cl)CCCCBr. The predicted octanol–water partition coefficient (Wildman–Crippen LogP) is 5.13. The summed E-state index contributed by atoms with van der Waals surface area (Å²) in [7, 11) is 0.